The molecular formula is C14H18N2O4. The molecule has 2 atom stereocenters. The Hall–Kier alpha value is -1.92. The topological polar surface area (TPSA) is 92.9 Å². The number of aromatic carboxylic acids is 1. The van der Waals surface area contributed by atoms with Crippen LogP contribution >= 0.6 is 0 Å². The van der Waals surface area contributed by atoms with Crippen LogP contribution in [0, 0.1) is 5.41 Å². The van der Waals surface area contributed by atoms with Gasteiger partial charge in [0, 0.05) is 13.1 Å². The van der Waals surface area contributed by atoms with Crippen LogP contribution in [0.15, 0.2) is 24.3 Å². The third kappa shape index (κ3) is 2.28. The highest BCUT2D eigenvalue weighted by Crippen LogP contribution is 2.32. The van der Waals surface area contributed by atoms with Crippen LogP contribution in [0.2, 0.25) is 0 Å². The number of hydrogen-bond acceptors (Lipinski definition) is 4. The number of amides is 1. The van der Waals surface area contributed by atoms with Gasteiger partial charge in [-0.3, -0.25) is 4.79 Å². The average molecular weight is 278 g/mol. The Kier molecular flexibility index (Phi) is 3.78. The molecule has 1 aliphatic rings. The molecule has 20 heavy (non-hydrogen) atoms. The van der Waals surface area contributed by atoms with Crippen molar-refractivity contribution in [2.45, 2.75) is 13.0 Å². The van der Waals surface area contributed by atoms with E-state index in [0.717, 1.165) is 0 Å². The van der Waals surface area contributed by atoms with Gasteiger partial charge in [0.05, 0.1) is 29.9 Å². The molecule has 1 saturated heterocycles. The molecule has 0 aliphatic carbocycles. The minimum atomic E-state index is -1.07. The van der Waals surface area contributed by atoms with Gasteiger partial charge in [0.25, 0.3) is 0 Å². The summed E-state index contributed by atoms with van der Waals surface area (Å²) in [6.07, 6.45) is 0. The number of carbonyl (C=O) groups is 2. The van der Waals surface area contributed by atoms with Crippen molar-refractivity contribution >= 4 is 17.6 Å². The first-order valence-corrected chi connectivity index (χ1v) is 6.31. The van der Waals surface area contributed by atoms with E-state index in [4.69, 9.17) is 10.5 Å². The lowest BCUT2D eigenvalue weighted by atomic mass is 9.84. The molecule has 1 aromatic carbocycles. The average Bonchev–Trinajstić information content (AvgIpc) is 2.78. The number of hydrogen-bond donors (Lipinski definition) is 2. The molecule has 1 amide bonds. The first kappa shape index (κ1) is 14.5. The fourth-order valence-electron chi connectivity index (χ4n) is 2.35. The Morgan fingerprint density at radius 2 is 2.10 bits per heavy atom. The Labute approximate surface area is 117 Å². The van der Waals surface area contributed by atoms with E-state index in [2.05, 4.69) is 0 Å². The van der Waals surface area contributed by atoms with E-state index >= 15 is 0 Å². The Bertz CT molecular complexity index is 546. The van der Waals surface area contributed by atoms with Gasteiger partial charge in [-0.05, 0) is 19.1 Å². The second kappa shape index (κ2) is 5.22. The van der Waals surface area contributed by atoms with Crippen LogP contribution in [0.4, 0.5) is 5.69 Å². The molecule has 0 saturated carbocycles. The number of rotatable bonds is 3. The number of nitrogens with zero attached hydrogens (tertiary/aromatic N) is 1. The fourth-order valence-corrected chi connectivity index (χ4v) is 2.35. The predicted molar refractivity (Wildman–Crippen MR) is 73.7 cm³/mol. The SMILES string of the molecule is CN(C(=O)C1(C)COCC1N)c1ccccc1C(=O)O. The molecule has 1 fully saturated rings. The van der Waals surface area contributed by atoms with Gasteiger partial charge in [-0.25, -0.2) is 4.79 Å². The first-order valence-electron chi connectivity index (χ1n) is 6.31. The molecule has 0 spiro atoms. The lowest BCUT2D eigenvalue weighted by molar-refractivity contribution is -0.127. The highest BCUT2D eigenvalue weighted by atomic mass is 16.5. The normalized spacial score (nSPS) is 25.4. The summed E-state index contributed by atoms with van der Waals surface area (Å²) < 4.78 is 5.27. The lowest BCUT2D eigenvalue weighted by Gasteiger charge is -2.31. The van der Waals surface area contributed by atoms with Crippen LogP contribution in [0.5, 0.6) is 0 Å². The smallest absolute Gasteiger partial charge is 0.337 e. The van der Waals surface area contributed by atoms with Crippen molar-refractivity contribution in [2.24, 2.45) is 11.1 Å². The molecule has 0 radical (unpaired) electrons. The van der Waals surface area contributed by atoms with E-state index in [1.54, 1.807) is 32.2 Å². The number of benzene rings is 1. The monoisotopic (exact) mass is 278 g/mol. The summed E-state index contributed by atoms with van der Waals surface area (Å²) >= 11 is 0. The van der Waals surface area contributed by atoms with E-state index in [1.165, 1.54) is 11.0 Å². The molecule has 2 rings (SSSR count). The number of carbonyl (C=O) groups excluding carboxylic acids is 1. The van der Waals surface area contributed by atoms with Gasteiger partial charge >= 0.3 is 5.97 Å². The second-order valence-corrected chi connectivity index (χ2v) is 5.23. The Morgan fingerprint density at radius 3 is 2.65 bits per heavy atom. The van der Waals surface area contributed by atoms with Crippen molar-refractivity contribution < 1.29 is 19.4 Å². The zero-order valence-electron chi connectivity index (χ0n) is 11.5. The predicted octanol–water partition coefficient (Wildman–Crippen LogP) is 0.711. The van der Waals surface area contributed by atoms with E-state index in [1.807, 2.05) is 0 Å². The standard InChI is InChI=1S/C14H18N2O4/c1-14(8-20-7-11(14)15)13(19)16(2)10-6-4-3-5-9(10)12(17)18/h3-6,11H,7-8,15H2,1-2H3,(H,17,18). The zero-order chi connectivity index (χ0) is 14.9. The summed E-state index contributed by atoms with van der Waals surface area (Å²) in [6.45, 7) is 2.32. The lowest BCUT2D eigenvalue weighted by Crippen LogP contribution is -2.50. The van der Waals surface area contributed by atoms with Gasteiger partial charge < -0.3 is 20.5 Å². The molecule has 0 aromatic heterocycles. The fraction of sp³-hybridized carbons (Fsp3) is 0.429. The van der Waals surface area contributed by atoms with Gasteiger partial charge in [-0.1, -0.05) is 12.1 Å². The van der Waals surface area contributed by atoms with Crippen LogP contribution < -0.4 is 10.6 Å². The molecule has 6 heteroatoms. The van der Waals surface area contributed by atoms with Crippen LogP contribution in [0.1, 0.15) is 17.3 Å². The highest BCUT2D eigenvalue weighted by molar-refractivity contribution is 6.03. The Balaban J connectivity index is 2.34. The van der Waals surface area contributed by atoms with E-state index in [9.17, 15) is 14.7 Å². The molecule has 3 N–H and O–H groups in total. The van der Waals surface area contributed by atoms with Crippen molar-refractivity contribution in [3.05, 3.63) is 29.8 Å². The third-order valence-electron chi connectivity index (χ3n) is 3.81. The van der Waals surface area contributed by atoms with Crippen LogP contribution in [-0.2, 0) is 9.53 Å². The summed E-state index contributed by atoms with van der Waals surface area (Å²) in [5, 5.41) is 9.19. The summed E-state index contributed by atoms with van der Waals surface area (Å²) in [5.74, 6) is -1.31. The molecular weight excluding hydrogens is 260 g/mol. The molecule has 2 unspecified atom stereocenters. The van der Waals surface area contributed by atoms with Gasteiger partial charge in [0.15, 0.2) is 0 Å². The number of carboxylic acids is 1. The number of nitrogens with two attached hydrogens (primary N) is 1. The van der Waals surface area contributed by atoms with Gasteiger partial charge in [-0.15, -0.1) is 0 Å². The third-order valence-corrected chi connectivity index (χ3v) is 3.81. The maximum absolute atomic E-state index is 12.6. The molecule has 1 aromatic rings. The molecule has 0 bridgehead atoms. The number of ether oxygens (including phenoxy) is 1. The highest BCUT2D eigenvalue weighted by Gasteiger charge is 2.46. The van der Waals surface area contributed by atoms with Crippen molar-refractivity contribution in [1.82, 2.24) is 0 Å². The first-order chi connectivity index (χ1) is 9.38. The van der Waals surface area contributed by atoms with Gasteiger partial charge in [-0.2, -0.15) is 0 Å². The van der Waals surface area contributed by atoms with Crippen LogP contribution in [0.3, 0.4) is 0 Å². The van der Waals surface area contributed by atoms with E-state index in [0.29, 0.717) is 12.3 Å². The summed E-state index contributed by atoms with van der Waals surface area (Å²) in [4.78, 5) is 25.2. The van der Waals surface area contributed by atoms with Gasteiger partial charge in [0.1, 0.15) is 0 Å². The summed E-state index contributed by atoms with van der Waals surface area (Å²) in [5.41, 5.74) is 5.54. The van der Waals surface area contributed by atoms with Crippen LogP contribution in [0.25, 0.3) is 0 Å². The maximum atomic E-state index is 12.6. The quantitative estimate of drug-likeness (QED) is 0.849. The number of anilines is 1. The minimum Gasteiger partial charge on any atom is -0.478 e. The molecule has 6 nitrogen and oxygen atoms in total. The zero-order valence-corrected chi connectivity index (χ0v) is 11.5. The molecule has 1 aliphatic heterocycles. The minimum absolute atomic E-state index is 0.0828. The van der Waals surface area contributed by atoms with Crippen molar-refractivity contribution in [3.63, 3.8) is 0 Å². The van der Waals surface area contributed by atoms with Crippen molar-refractivity contribution in [1.29, 1.82) is 0 Å². The maximum Gasteiger partial charge on any atom is 0.337 e. The largest absolute Gasteiger partial charge is 0.478 e. The summed E-state index contributed by atoms with van der Waals surface area (Å²) in [7, 11) is 1.56. The number of carboxylic acid groups (broad SMARTS) is 1. The van der Waals surface area contributed by atoms with Crippen LogP contribution in [-0.4, -0.2) is 43.3 Å². The van der Waals surface area contributed by atoms with E-state index < -0.39 is 17.4 Å². The van der Waals surface area contributed by atoms with Crippen molar-refractivity contribution in [2.75, 3.05) is 25.2 Å². The summed E-state index contributed by atoms with van der Waals surface area (Å²) in [6, 6.07) is 5.99. The second-order valence-electron chi connectivity index (χ2n) is 5.23. The number of para-hydroxylation sites is 1. The van der Waals surface area contributed by atoms with E-state index in [-0.39, 0.29) is 18.1 Å². The Morgan fingerprint density at radius 1 is 1.45 bits per heavy atom. The molecule has 1 heterocycles. The van der Waals surface area contributed by atoms with Crippen molar-refractivity contribution in [3.8, 4) is 0 Å². The van der Waals surface area contributed by atoms with Gasteiger partial charge in [0.2, 0.25) is 5.91 Å². The molecule has 108 valence electrons.